The number of rotatable bonds is 6. The van der Waals surface area contributed by atoms with Crippen LogP contribution < -0.4 is 10.6 Å². The molecule has 1 heterocycles. The number of fused-ring (bicyclic) bond motifs is 1. The number of nitrogens with one attached hydrogen (secondary N) is 2. The molecule has 1 aliphatic rings. The minimum atomic E-state index is -0.504. The maximum Gasteiger partial charge on any atom is 0.270 e. The van der Waals surface area contributed by atoms with E-state index in [4.69, 9.17) is 0 Å². The molecule has 1 amide bonds. The molecule has 3 rings (SSSR count). The maximum absolute atomic E-state index is 12.4. The lowest BCUT2D eigenvalue weighted by atomic mass is 10.0. The summed E-state index contributed by atoms with van der Waals surface area (Å²) in [7, 11) is 1.68. The summed E-state index contributed by atoms with van der Waals surface area (Å²) in [4.78, 5) is 28.8. The Hall–Kier alpha value is -2.48. The van der Waals surface area contributed by atoms with E-state index in [-0.39, 0.29) is 17.2 Å². The highest BCUT2D eigenvalue weighted by Gasteiger charge is 2.17. The van der Waals surface area contributed by atoms with Crippen molar-refractivity contribution in [2.24, 2.45) is 0 Å². The van der Waals surface area contributed by atoms with E-state index in [0.717, 1.165) is 17.8 Å². The second-order valence-electron chi connectivity index (χ2n) is 5.93. The molecule has 0 spiro atoms. The molecule has 1 aliphatic carbocycles. The summed E-state index contributed by atoms with van der Waals surface area (Å²) >= 11 is 1.73. The highest BCUT2D eigenvalue weighted by atomic mass is 32.1. The topological polar surface area (TPSA) is 97.2 Å². The first-order chi connectivity index (χ1) is 12.1. The van der Waals surface area contributed by atoms with Crippen molar-refractivity contribution >= 4 is 28.6 Å². The van der Waals surface area contributed by atoms with E-state index in [2.05, 4.69) is 15.6 Å². The van der Waals surface area contributed by atoms with Gasteiger partial charge in [0, 0.05) is 42.7 Å². The van der Waals surface area contributed by atoms with Crippen LogP contribution in [0, 0.1) is 10.1 Å². The molecular weight excluding hydrogens is 340 g/mol. The highest BCUT2D eigenvalue weighted by molar-refractivity contribution is 7.11. The van der Waals surface area contributed by atoms with E-state index >= 15 is 0 Å². The number of aromatic nitrogens is 1. The summed E-state index contributed by atoms with van der Waals surface area (Å²) in [5, 5.41) is 17.7. The van der Waals surface area contributed by atoms with Crippen LogP contribution in [-0.2, 0) is 19.3 Å². The van der Waals surface area contributed by atoms with Crippen molar-refractivity contribution in [2.75, 3.05) is 18.9 Å². The van der Waals surface area contributed by atoms with Crippen molar-refractivity contribution in [3.05, 3.63) is 49.5 Å². The summed E-state index contributed by atoms with van der Waals surface area (Å²) in [6.07, 6.45) is 5.26. The fraction of sp³-hybridized carbons (Fsp3) is 0.412. The van der Waals surface area contributed by atoms with Crippen molar-refractivity contribution in [1.82, 2.24) is 10.3 Å². The fourth-order valence-corrected chi connectivity index (χ4v) is 4.10. The number of hydrogen-bond donors (Lipinski definition) is 2. The molecule has 0 radical (unpaired) electrons. The number of nitro benzene ring substituents is 1. The normalized spacial score (nSPS) is 13.2. The number of nitrogens with zero attached hydrogens (tertiary/aromatic N) is 2. The Labute approximate surface area is 149 Å². The summed E-state index contributed by atoms with van der Waals surface area (Å²) < 4.78 is 0. The van der Waals surface area contributed by atoms with Gasteiger partial charge in [-0.3, -0.25) is 14.9 Å². The lowest BCUT2D eigenvalue weighted by molar-refractivity contribution is -0.384. The van der Waals surface area contributed by atoms with Gasteiger partial charge in [0.15, 0.2) is 0 Å². The number of thiazole rings is 1. The molecule has 7 nitrogen and oxygen atoms in total. The molecule has 2 N–H and O–H groups in total. The molecule has 0 aliphatic heterocycles. The molecule has 0 unspecified atom stereocenters. The fourth-order valence-electron chi connectivity index (χ4n) is 2.94. The van der Waals surface area contributed by atoms with Gasteiger partial charge in [-0.2, -0.15) is 0 Å². The Bertz CT molecular complexity index is 780. The second kappa shape index (κ2) is 7.60. The Morgan fingerprint density at radius 2 is 2.16 bits per heavy atom. The molecule has 0 fully saturated rings. The van der Waals surface area contributed by atoms with Gasteiger partial charge in [-0.05, 0) is 31.7 Å². The number of nitro groups is 1. The van der Waals surface area contributed by atoms with Crippen molar-refractivity contribution in [1.29, 1.82) is 0 Å². The number of hydrogen-bond acceptors (Lipinski definition) is 6. The Balaban J connectivity index is 1.63. The number of anilines is 1. The second-order valence-corrected chi connectivity index (χ2v) is 7.10. The molecule has 0 atom stereocenters. The minimum Gasteiger partial charge on any atom is -0.387 e. The molecule has 1 aromatic carbocycles. The van der Waals surface area contributed by atoms with Crippen molar-refractivity contribution in [3.63, 3.8) is 0 Å². The highest BCUT2D eigenvalue weighted by Crippen LogP contribution is 2.27. The third kappa shape index (κ3) is 3.96. The van der Waals surface area contributed by atoms with Gasteiger partial charge in [0.25, 0.3) is 11.6 Å². The van der Waals surface area contributed by atoms with Crippen molar-refractivity contribution < 1.29 is 9.72 Å². The third-order valence-corrected chi connectivity index (χ3v) is 5.46. The first-order valence-electron chi connectivity index (χ1n) is 8.30. The van der Waals surface area contributed by atoms with Crippen LogP contribution in [0.4, 0.5) is 11.4 Å². The lowest BCUT2D eigenvalue weighted by Gasteiger charge is -2.09. The average Bonchev–Trinajstić information content (AvgIpc) is 3.03. The van der Waals surface area contributed by atoms with Gasteiger partial charge in [0.1, 0.15) is 0 Å². The molecular formula is C17H20N4O3S. The van der Waals surface area contributed by atoms with Crippen LogP contribution in [0.25, 0.3) is 0 Å². The smallest absolute Gasteiger partial charge is 0.270 e. The predicted octanol–water partition coefficient (Wildman–Crippen LogP) is 2.94. The van der Waals surface area contributed by atoms with E-state index in [1.807, 2.05) is 0 Å². The predicted molar refractivity (Wildman–Crippen MR) is 97.4 cm³/mol. The molecule has 132 valence electrons. The molecule has 0 bridgehead atoms. The first kappa shape index (κ1) is 17.3. The summed E-state index contributed by atoms with van der Waals surface area (Å²) in [5.41, 5.74) is 1.95. The minimum absolute atomic E-state index is 0.100. The Morgan fingerprint density at radius 3 is 2.88 bits per heavy atom. The van der Waals surface area contributed by atoms with E-state index < -0.39 is 4.92 Å². The number of non-ortho nitro benzene ring substituents is 1. The molecule has 1 aromatic heterocycles. The van der Waals surface area contributed by atoms with Gasteiger partial charge in [-0.1, -0.05) is 0 Å². The summed E-state index contributed by atoms with van der Waals surface area (Å²) in [6, 6.07) is 4.22. The van der Waals surface area contributed by atoms with Crippen molar-refractivity contribution in [2.45, 2.75) is 32.1 Å². The van der Waals surface area contributed by atoms with Crippen LogP contribution in [0.1, 0.15) is 38.8 Å². The number of benzene rings is 1. The molecule has 25 heavy (non-hydrogen) atoms. The SMILES string of the molecule is CNc1ccc([N+](=O)[O-])cc1C(=O)NCCc1nc2c(s1)CCCC2. The van der Waals surface area contributed by atoms with Crippen LogP contribution in [-0.4, -0.2) is 29.4 Å². The average molecular weight is 360 g/mol. The van der Waals surface area contributed by atoms with Crippen LogP contribution in [0.3, 0.4) is 0 Å². The monoisotopic (exact) mass is 360 g/mol. The molecule has 0 saturated carbocycles. The van der Waals surface area contributed by atoms with Gasteiger partial charge in [-0.15, -0.1) is 11.3 Å². The quantitative estimate of drug-likeness (QED) is 0.610. The number of amides is 1. The Kier molecular flexibility index (Phi) is 5.28. The number of carbonyl (C=O) groups is 1. The van der Waals surface area contributed by atoms with Crippen LogP contribution in [0.2, 0.25) is 0 Å². The summed E-state index contributed by atoms with van der Waals surface area (Å²) in [5.74, 6) is -0.325. The van der Waals surface area contributed by atoms with Gasteiger partial charge < -0.3 is 10.6 Å². The van der Waals surface area contributed by atoms with E-state index in [1.54, 1.807) is 24.5 Å². The number of carbonyl (C=O) groups excluding carboxylic acids is 1. The van der Waals surface area contributed by atoms with Crippen LogP contribution in [0.15, 0.2) is 18.2 Å². The molecule has 2 aromatic rings. The van der Waals surface area contributed by atoms with E-state index in [1.165, 1.54) is 35.5 Å². The first-order valence-corrected chi connectivity index (χ1v) is 9.12. The van der Waals surface area contributed by atoms with Crippen LogP contribution >= 0.6 is 11.3 Å². The lowest BCUT2D eigenvalue weighted by Crippen LogP contribution is -2.26. The molecule has 8 heteroatoms. The largest absolute Gasteiger partial charge is 0.387 e. The summed E-state index contributed by atoms with van der Waals surface area (Å²) in [6.45, 7) is 0.455. The zero-order chi connectivity index (χ0) is 17.8. The zero-order valence-corrected chi connectivity index (χ0v) is 14.8. The third-order valence-electron chi connectivity index (χ3n) is 4.24. The van der Waals surface area contributed by atoms with Gasteiger partial charge >= 0.3 is 0 Å². The van der Waals surface area contributed by atoms with Gasteiger partial charge in [0.05, 0.1) is 21.2 Å². The standard InChI is InChI=1S/C17H20N4O3S/c1-18-13-7-6-11(21(23)24)10-12(13)17(22)19-9-8-16-20-14-4-2-3-5-15(14)25-16/h6-7,10,18H,2-5,8-9H2,1H3,(H,19,22). The maximum atomic E-state index is 12.4. The van der Waals surface area contributed by atoms with E-state index in [0.29, 0.717) is 18.7 Å². The van der Waals surface area contributed by atoms with Crippen LogP contribution in [0.5, 0.6) is 0 Å². The van der Waals surface area contributed by atoms with Gasteiger partial charge in [0.2, 0.25) is 0 Å². The van der Waals surface area contributed by atoms with E-state index in [9.17, 15) is 14.9 Å². The zero-order valence-electron chi connectivity index (χ0n) is 14.0. The Morgan fingerprint density at radius 1 is 1.36 bits per heavy atom. The molecule has 0 saturated heterocycles. The number of aryl methyl sites for hydroxylation is 2. The van der Waals surface area contributed by atoms with Gasteiger partial charge in [-0.25, -0.2) is 4.98 Å². The van der Waals surface area contributed by atoms with Crippen molar-refractivity contribution in [3.8, 4) is 0 Å².